The lowest BCUT2D eigenvalue weighted by molar-refractivity contribution is 0.0697. The number of fused-ring (bicyclic) bond motifs is 1. The quantitative estimate of drug-likeness (QED) is 0.654. The second kappa shape index (κ2) is 3.92. The van der Waals surface area contributed by atoms with Crippen LogP contribution in [0.4, 0.5) is 17.1 Å². The van der Waals surface area contributed by atoms with E-state index in [0.29, 0.717) is 5.69 Å². The van der Waals surface area contributed by atoms with Crippen molar-refractivity contribution in [1.82, 2.24) is 0 Å². The molecular weight excluding hydrogens is 206 g/mol. The van der Waals surface area contributed by atoms with Crippen LogP contribution < -0.4 is 16.0 Å². The Balaban J connectivity index is 2.54. The largest absolute Gasteiger partial charge is 0.478 e. The van der Waals surface area contributed by atoms with Gasteiger partial charge in [0.15, 0.2) is 0 Å². The molecule has 0 aromatic heterocycles. The van der Waals surface area contributed by atoms with Gasteiger partial charge in [-0.3, -0.25) is 0 Å². The van der Waals surface area contributed by atoms with Gasteiger partial charge in [-0.05, 0) is 19.1 Å². The summed E-state index contributed by atoms with van der Waals surface area (Å²) >= 11 is 0. The van der Waals surface area contributed by atoms with E-state index in [4.69, 9.17) is 10.8 Å². The second-order valence-electron chi connectivity index (χ2n) is 3.77. The average molecular weight is 221 g/mol. The van der Waals surface area contributed by atoms with Crippen molar-refractivity contribution in [1.29, 1.82) is 0 Å². The van der Waals surface area contributed by atoms with E-state index in [1.54, 1.807) is 6.07 Å². The maximum atomic E-state index is 10.9. The zero-order chi connectivity index (χ0) is 11.7. The van der Waals surface area contributed by atoms with Crippen LogP contribution in [0, 0.1) is 0 Å². The van der Waals surface area contributed by atoms with E-state index in [0.717, 1.165) is 31.0 Å². The van der Waals surface area contributed by atoms with Crippen LogP contribution in [0.25, 0.3) is 0 Å². The summed E-state index contributed by atoms with van der Waals surface area (Å²) in [5.74, 6) is -0.948. The molecule has 0 atom stereocenters. The number of carboxylic acids is 1. The van der Waals surface area contributed by atoms with Crippen LogP contribution in [-0.4, -0.2) is 30.7 Å². The number of hydrogen-bond donors (Lipinski definition) is 3. The molecule has 1 aliphatic heterocycles. The van der Waals surface area contributed by atoms with E-state index in [1.165, 1.54) is 6.07 Å². The molecule has 1 heterocycles. The number of rotatable bonds is 2. The molecule has 0 spiro atoms. The maximum Gasteiger partial charge on any atom is 0.335 e. The third kappa shape index (κ3) is 1.64. The fourth-order valence-electron chi connectivity index (χ4n) is 1.98. The number of nitrogens with two attached hydrogens (primary N) is 1. The van der Waals surface area contributed by atoms with Crippen molar-refractivity contribution in [2.45, 2.75) is 6.92 Å². The summed E-state index contributed by atoms with van der Waals surface area (Å²) in [5.41, 5.74) is 8.30. The highest BCUT2D eigenvalue weighted by Gasteiger charge is 2.19. The number of nitrogens with one attached hydrogen (secondary N) is 1. The minimum absolute atomic E-state index is 0.235. The molecule has 0 bridgehead atoms. The van der Waals surface area contributed by atoms with Crippen molar-refractivity contribution in [2.75, 3.05) is 35.6 Å². The normalized spacial score (nSPS) is 14.2. The highest BCUT2D eigenvalue weighted by Crippen LogP contribution is 2.35. The first-order valence-corrected chi connectivity index (χ1v) is 5.29. The van der Waals surface area contributed by atoms with Crippen molar-refractivity contribution in [3.8, 4) is 0 Å². The zero-order valence-electron chi connectivity index (χ0n) is 9.16. The Morgan fingerprint density at radius 3 is 3.00 bits per heavy atom. The van der Waals surface area contributed by atoms with Crippen molar-refractivity contribution >= 4 is 23.0 Å². The van der Waals surface area contributed by atoms with Gasteiger partial charge in [0.25, 0.3) is 0 Å². The fraction of sp³-hybridized carbons (Fsp3) is 0.364. The minimum atomic E-state index is -0.948. The molecule has 1 aromatic rings. The first-order valence-electron chi connectivity index (χ1n) is 5.29. The van der Waals surface area contributed by atoms with Gasteiger partial charge in [0, 0.05) is 19.6 Å². The summed E-state index contributed by atoms with van der Waals surface area (Å²) < 4.78 is 0. The Morgan fingerprint density at radius 1 is 1.62 bits per heavy atom. The number of likely N-dealkylation sites (N-methyl/N-ethyl adjacent to an activating group) is 1. The Bertz CT molecular complexity index is 431. The molecule has 0 aliphatic carbocycles. The molecule has 0 amide bonds. The Hall–Kier alpha value is -1.91. The summed E-state index contributed by atoms with van der Waals surface area (Å²) in [7, 11) is 0. The summed E-state index contributed by atoms with van der Waals surface area (Å²) in [4.78, 5) is 13.1. The minimum Gasteiger partial charge on any atom is -0.478 e. The van der Waals surface area contributed by atoms with E-state index in [2.05, 4.69) is 10.2 Å². The van der Waals surface area contributed by atoms with Crippen molar-refractivity contribution in [3.63, 3.8) is 0 Å². The van der Waals surface area contributed by atoms with Gasteiger partial charge < -0.3 is 21.1 Å². The molecule has 16 heavy (non-hydrogen) atoms. The van der Waals surface area contributed by atoms with Gasteiger partial charge in [0.05, 0.1) is 22.6 Å². The molecule has 0 fully saturated rings. The number of carbonyl (C=O) groups is 1. The lowest BCUT2D eigenvalue weighted by Crippen LogP contribution is -2.34. The third-order valence-electron chi connectivity index (χ3n) is 2.80. The van der Waals surface area contributed by atoms with Gasteiger partial charge >= 0.3 is 5.97 Å². The maximum absolute atomic E-state index is 10.9. The molecular formula is C11H15N3O2. The van der Waals surface area contributed by atoms with Crippen LogP contribution >= 0.6 is 0 Å². The number of aromatic carboxylic acids is 1. The van der Waals surface area contributed by atoms with Gasteiger partial charge in [-0.15, -0.1) is 0 Å². The zero-order valence-corrected chi connectivity index (χ0v) is 9.16. The third-order valence-corrected chi connectivity index (χ3v) is 2.80. The number of nitrogen functional groups attached to an aromatic ring is 1. The van der Waals surface area contributed by atoms with Crippen LogP contribution in [0.1, 0.15) is 17.3 Å². The van der Waals surface area contributed by atoms with E-state index in [9.17, 15) is 4.79 Å². The van der Waals surface area contributed by atoms with Crippen LogP contribution in [0.2, 0.25) is 0 Å². The van der Waals surface area contributed by atoms with Gasteiger partial charge in [0.2, 0.25) is 0 Å². The summed E-state index contributed by atoms with van der Waals surface area (Å²) in [6.45, 7) is 4.58. The van der Waals surface area contributed by atoms with Gasteiger partial charge in [-0.2, -0.15) is 0 Å². The smallest absolute Gasteiger partial charge is 0.335 e. The van der Waals surface area contributed by atoms with Crippen LogP contribution in [0.15, 0.2) is 12.1 Å². The van der Waals surface area contributed by atoms with E-state index in [-0.39, 0.29) is 5.56 Å². The molecule has 0 saturated carbocycles. The molecule has 0 unspecified atom stereocenters. The fourth-order valence-corrected chi connectivity index (χ4v) is 1.98. The number of carboxylic acid groups (broad SMARTS) is 1. The van der Waals surface area contributed by atoms with E-state index < -0.39 is 5.97 Å². The molecule has 5 heteroatoms. The Labute approximate surface area is 93.9 Å². The lowest BCUT2D eigenvalue weighted by atomic mass is 10.1. The van der Waals surface area contributed by atoms with E-state index >= 15 is 0 Å². The highest BCUT2D eigenvalue weighted by molar-refractivity contribution is 5.95. The molecule has 0 saturated heterocycles. The van der Waals surface area contributed by atoms with Crippen molar-refractivity contribution in [3.05, 3.63) is 17.7 Å². The summed E-state index contributed by atoms with van der Waals surface area (Å²) in [5, 5.41) is 12.2. The number of nitrogens with zero attached hydrogens (tertiary/aromatic N) is 1. The summed E-state index contributed by atoms with van der Waals surface area (Å²) in [6.07, 6.45) is 0. The molecule has 2 rings (SSSR count). The van der Waals surface area contributed by atoms with Gasteiger partial charge in [-0.25, -0.2) is 4.79 Å². The highest BCUT2D eigenvalue weighted by atomic mass is 16.4. The number of anilines is 3. The van der Waals surface area contributed by atoms with Gasteiger partial charge in [0.1, 0.15) is 0 Å². The topological polar surface area (TPSA) is 78.6 Å². The molecule has 1 aromatic carbocycles. The van der Waals surface area contributed by atoms with E-state index in [1.807, 2.05) is 6.92 Å². The first-order chi connectivity index (χ1) is 7.63. The van der Waals surface area contributed by atoms with Crippen molar-refractivity contribution < 1.29 is 9.90 Å². The van der Waals surface area contributed by atoms with Crippen LogP contribution in [0.3, 0.4) is 0 Å². The number of benzene rings is 1. The number of hydrogen-bond acceptors (Lipinski definition) is 4. The summed E-state index contributed by atoms with van der Waals surface area (Å²) in [6, 6.07) is 3.16. The molecule has 4 N–H and O–H groups in total. The molecule has 1 aliphatic rings. The predicted octanol–water partition coefficient (Wildman–Crippen LogP) is 1.22. The Morgan fingerprint density at radius 2 is 2.38 bits per heavy atom. The van der Waals surface area contributed by atoms with Crippen LogP contribution in [0.5, 0.6) is 0 Å². The molecule has 5 nitrogen and oxygen atoms in total. The second-order valence-corrected chi connectivity index (χ2v) is 3.77. The van der Waals surface area contributed by atoms with Crippen LogP contribution in [-0.2, 0) is 0 Å². The predicted molar refractivity (Wildman–Crippen MR) is 64.2 cm³/mol. The Kier molecular flexibility index (Phi) is 2.60. The molecule has 0 radical (unpaired) electrons. The molecule has 86 valence electrons. The standard InChI is InChI=1S/C11H15N3O2/c1-2-14-4-3-13-10-8(12)5-7(11(15)16)6-9(10)14/h5-6,13H,2-4,12H2,1H3,(H,15,16). The monoisotopic (exact) mass is 221 g/mol. The van der Waals surface area contributed by atoms with Crippen molar-refractivity contribution in [2.24, 2.45) is 0 Å². The first kappa shape index (κ1) is 10.6. The average Bonchev–Trinajstić information content (AvgIpc) is 2.28. The lowest BCUT2D eigenvalue weighted by Gasteiger charge is -2.32. The SMILES string of the molecule is CCN1CCNc2c(N)cc(C(=O)O)cc21. The van der Waals surface area contributed by atoms with Gasteiger partial charge in [-0.1, -0.05) is 0 Å².